The summed E-state index contributed by atoms with van der Waals surface area (Å²) in [5, 5.41) is 2.98. The van der Waals surface area contributed by atoms with Crippen molar-refractivity contribution in [2.75, 3.05) is 11.9 Å². The van der Waals surface area contributed by atoms with E-state index in [4.69, 9.17) is 4.74 Å². The van der Waals surface area contributed by atoms with Crippen molar-refractivity contribution in [1.82, 2.24) is 19.9 Å². The van der Waals surface area contributed by atoms with E-state index >= 15 is 0 Å². The van der Waals surface area contributed by atoms with Gasteiger partial charge in [-0.1, -0.05) is 0 Å². The van der Waals surface area contributed by atoms with Crippen molar-refractivity contribution in [2.45, 2.75) is 13.5 Å². The molecule has 0 amide bonds. The molecule has 0 fully saturated rings. The predicted octanol–water partition coefficient (Wildman–Crippen LogP) is 1.06. The molecule has 2 aromatic rings. The first kappa shape index (κ1) is 12.9. The monoisotopic (exact) mass is 259 g/mol. The Kier molecular flexibility index (Phi) is 4.33. The lowest BCUT2D eigenvalue weighted by molar-refractivity contribution is 0.0525. The second-order valence-corrected chi connectivity index (χ2v) is 3.57. The maximum absolute atomic E-state index is 11.4. The minimum absolute atomic E-state index is 0.325. The van der Waals surface area contributed by atoms with E-state index in [9.17, 15) is 4.79 Å². The Morgan fingerprint density at radius 3 is 2.63 bits per heavy atom. The molecule has 2 aromatic heterocycles. The number of carbonyl (C=O) groups excluding carboxylic acids is 1. The van der Waals surface area contributed by atoms with Crippen LogP contribution < -0.4 is 5.32 Å². The fraction of sp³-hybridized carbons (Fsp3) is 0.250. The summed E-state index contributed by atoms with van der Waals surface area (Å²) >= 11 is 0. The normalized spacial score (nSPS) is 9.95. The third-order valence-electron chi connectivity index (χ3n) is 2.21. The maximum Gasteiger partial charge on any atom is 0.341 e. The summed E-state index contributed by atoms with van der Waals surface area (Å²) in [6.45, 7) is 2.54. The zero-order chi connectivity index (χ0) is 13.5. The van der Waals surface area contributed by atoms with Crippen molar-refractivity contribution < 1.29 is 9.53 Å². The van der Waals surface area contributed by atoms with Crippen molar-refractivity contribution in [3.05, 3.63) is 42.2 Å². The quantitative estimate of drug-likeness (QED) is 0.803. The summed E-state index contributed by atoms with van der Waals surface area (Å²) in [6.07, 6.45) is 7.71. The molecule has 0 bridgehead atoms. The first-order chi connectivity index (χ1) is 9.29. The molecule has 2 rings (SSSR count). The second-order valence-electron chi connectivity index (χ2n) is 3.57. The molecule has 0 aliphatic carbocycles. The third kappa shape index (κ3) is 3.70. The van der Waals surface area contributed by atoms with Gasteiger partial charge < -0.3 is 10.1 Å². The van der Waals surface area contributed by atoms with E-state index in [-0.39, 0.29) is 0 Å². The molecule has 2 heterocycles. The smallest absolute Gasteiger partial charge is 0.341 e. The predicted molar refractivity (Wildman–Crippen MR) is 67.3 cm³/mol. The van der Waals surface area contributed by atoms with Crippen molar-refractivity contribution in [3.63, 3.8) is 0 Å². The van der Waals surface area contributed by atoms with Gasteiger partial charge in [-0.25, -0.2) is 14.8 Å². The zero-order valence-electron chi connectivity index (χ0n) is 10.4. The fourth-order valence-electron chi connectivity index (χ4n) is 1.33. The molecule has 1 N–H and O–H groups in total. The molecule has 0 spiro atoms. The van der Waals surface area contributed by atoms with Gasteiger partial charge in [-0.05, 0) is 6.92 Å². The van der Waals surface area contributed by atoms with E-state index in [1.54, 1.807) is 25.5 Å². The van der Waals surface area contributed by atoms with Gasteiger partial charge in [0.1, 0.15) is 0 Å². The molecule has 0 aliphatic heterocycles. The largest absolute Gasteiger partial charge is 0.462 e. The number of ether oxygens (including phenoxy) is 1. The van der Waals surface area contributed by atoms with Crippen molar-refractivity contribution in [3.8, 4) is 0 Å². The average molecular weight is 259 g/mol. The Balaban J connectivity index is 1.94. The Morgan fingerprint density at radius 2 is 2.00 bits per heavy atom. The van der Waals surface area contributed by atoms with Crippen LogP contribution in [0.4, 0.5) is 5.95 Å². The summed E-state index contributed by atoms with van der Waals surface area (Å²) in [6, 6.07) is 0. The Bertz CT molecular complexity index is 530. The van der Waals surface area contributed by atoms with Crippen molar-refractivity contribution in [2.24, 2.45) is 0 Å². The van der Waals surface area contributed by atoms with Gasteiger partial charge in [0.15, 0.2) is 0 Å². The SMILES string of the molecule is CCOC(=O)c1cnc(NCc2cnccn2)nc1. The van der Waals surface area contributed by atoms with E-state index in [0.29, 0.717) is 24.7 Å². The Hall–Kier alpha value is -2.57. The summed E-state index contributed by atoms with van der Waals surface area (Å²) in [5.74, 6) is -0.0123. The minimum atomic E-state index is -0.428. The second kappa shape index (κ2) is 6.39. The van der Waals surface area contributed by atoms with Crippen LogP contribution in [0.3, 0.4) is 0 Å². The third-order valence-corrected chi connectivity index (χ3v) is 2.21. The molecule has 0 atom stereocenters. The molecule has 0 aromatic carbocycles. The molecule has 7 heteroatoms. The molecule has 7 nitrogen and oxygen atoms in total. The number of carbonyl (C=O) groups is 1. The minimum Gasteiger partial charge on any atom is -0.462 e. The summed E-state index contributed by atoms with van der Waals surface area (Å²) in [7, 11) is 0. The molecule has 98 valence electrons. The molecule has 19 heavy (non-hydrogen) atoms. The lowest BCUT2D eigenvalue weighted by Crippen LogP contribution is -2.09. The van der Waals surface area contributed by atoms with Gasteiger partial charge in [0.05, 0.1) is 30.6 Å². The van der Waals surface area contributed by atoms with E-state index < -0.39 is 5.97 Å². The van der Waals surface area contributed by atoms with Crippen LogP contribution in [0.1, 0.15) is 23.0 Å². The summed E-state index contributed by atoms with van der Waals surface area (Å²) < 4.78 is 4.84. The zero-order valence-corrected chi connectivity index (χ0v) is 10.4. The van der Waals surface area contributed by atoms with E-state index in [1.165, 1.54) is 12.4 Å². The van der Waals surface area contributed by atoms with Crippen LogP contribution in [0.15, 0.2) is 31.0 Å². The topological polar surface area (TPSA) is 89.9 Å². The van der Waals surface area contributed by atoms with E-state index in [1.807, 2.05) is 0 Å². The van der Waals surface area contributed by atoms with Crippen LogP contribution in [0.5, 0.6) is 0 Å². The number of nitrogens with one attached hydrogen (secondary N) is 1. The number of rotatable bonds is 5. The number of hydrogen-bond acceptors (Lipinski definition) is 7. The average Bonchev–Trinajstić information content (AvgIpc) is 2.47. The molecule has 0 saturated carbocycles. The number of esters is 1. The van der Waals surface area contributed by atoms with Gasteiger partial charge in [0.2, 0.25) is 5.95 Å². The van der Waals surface area contributed by atoms with Crippen LogP contribution in [0, 0.1) is 0 Å². The summed E-state index contributed by atoms with van der Waals surface area (Å²) in [5.41, 5.74) is 1.10. The Labute approximate surface area is 110 Å². The molecular weight excluding hydrogens is 246 g/mol. The number of aromatic nitrogens is 4. The van der Waals surface area contributed by atoms with E-state index in [0.717, 1.165) is 5.69 Å². The van der Waals surface area contributed by atoms with Gasteiger partial charge in [-0.2, -0.15) is 0 Å². The molecule has 0 unspecified atom stereocenters. The van der Waals surface area contributed by atoms with Crippen molar-refractivity contribution in [1.29, 1.82) is 0 Å². The maximum atomic E-state index is 11.4. The fourth-order valence-corrected chi connectivity index (χ4v) is 1.33. The molecule has 0 saturated heterocycles. The first-order valence-corrected chi connectivity index (χ1v) is 5.77. The van der Waals surface area contributed by atoms with Crippen LogP contribution in [-0.4, -0.2) is 32.5 Å². The highest BCUT2D eigenvalue weighted by atomic mass is 16.5. The highest BCUT2D eigenvalue weighted by Crippen LogP contribution is 2.03. The number of anilines is 1. The van der Waals surface area contributed by atoms with E-state index in [2.05, 4.69) is 25.3 Å². The van der Waals surface area contributed by atoms with Crippen LogP contribution >= 0.6 is 0 Å². The first-order valence-electron chi connectivity index (χ1n) is 5.77. The molecule has 0 radical (unpaired) electrons. The lowest BCUT2D eigenvalue weighted by atomic mass is 10.3. The van der Waals surface area contributed by atoms with Gasteiger partial charge in [0, 0.05) is 24.8 Å². The van der Waals surface area contributed by atoms with Crippen LogP contribution in [0.2, 0.25) is 0 Å². The van der Waals surface area contributed by atoms with Gasteiger partial charge in [0.25, 0.3) is 0 Å². The highest BCUT2D eigenvalue weighted by Gasteiger charge is 2.07. The lowest BCUT2D eigenvalue weighted by Gasteiger charge is -2.04. The van der Waals surface area contributed by atoms with Gasteiger partial charge in [-0.3, -0.25) is 9.97 Å². The number of hydrogen-bond donors (Lipinski definition) is 1. The standard InChI is InChI=1S/C12H13N5O2/c1-2-19-11(18)9-5-15-12(16-6-9)17-8-10-7-13-3-4-14-10/h3-7H,2,8H2,1H3,(H,15,16,17). The highest BCUT2D eigenvalue weighted by molar-refractivity contribution is 5.88. The summed E-state index contributed by atoms with van der Waals surface area (Å²) in [4.78, 5) is 27.5. The van der Waals surface area contributed by atoms with Gasteiger partial charge in [-0.15, -0.1) is 0 Å². The number of nitrogens with zero attached hydrogens (tertiary/aromatic N) is 4. The Morgan fingerprint density at radius 1 is 1.21 bits per heavy atom. The van der Waals surface area contributed by atoms with Gasteiger partial charge >= 0.3 is 5.97 Å². The van der Waals surface area contributed by atoms with Crippen molar-refractivity contribution >= 4 is 11.9 Å². The van der Waals surface area contributed by atoms with Crippen LogP contribution in [-0.2, 0) is 11.3 Å². The van der Waals surface area contributed by atoms with Crippen LogP contribution in [0.25, 0.3) is 0 Å². The molecular formula is C12H13N5O2. The molecule has 0 aliphatic rings.